The molecule has 100 valence electrons. The van der Waals surface area contributed by atoms with Gasteiger partial charge in [0.1, 0.15) is 0 Å². The fourth-order valence-electron chi connectivity index (χ4n) is 2.51. The summed E-state index contributed by atoms with van der Waals surface area (Å²) in [4.78, 5) is 4.72. The predicted molar refractivity (Wildman–Crippen MR) is 85.0 cm³/mol. The summed E-state index contributed by atoms with van der Waals surface area (Å²) in [6, 6.07) is 14.7. The molecule has 0 radical (unpaired) electrons. The minimum atomic E-state index is 0.628. The second-order valence-electron chi connectivity index (χ2n) is 5.19. The monoisotopic (exact) mass is 262 g/mol. The van der Waals surface area contributed by atoms with Gasteiger partial charge in [-0.05, 0) is 37.1 Å². The maximum absolute atomic E-state index is 6.13. The van der Waals surface area contributed by atoms with Crippen molar-refractivity contribution < 1.29 is 0 Å². The van der Waals surface area contributed by atoms with Crippen molar-refractivity contribution in [1.82, 2.24) is 0 Å². The van der Waals surface area contributed by atoms with Gasteiger partial charge in [0.05, 0.1) is 12.3 Å². The van der Waals surface area contributed by atoms with E-state index in [1.807, 2.05) is 18.2 Å². The Labute approximate surface area is 119 Å². The smallest absolute Gasteiger partial charge is 0.0729 e. The Morgan fingerprint density at radius 1 is 0.950 bits per heavy atom. The molecule has 0 unspecified atom stereocenters. The number of rotatable bonds is 1. The van der Waals surface area contributed by atoms with Crippen molar-refractivity contribution >= 4 is 11.4 Å². The van der Waals surface area contributed by atoms with E-state index in [4.69, 9.17) is 10.7 Å². The summed E-state index contributed by atoms with van der Waals surface area (Å²) < 4.78 is 0. The van der Waals surface area contributed by atoms with Crippen molar-refractivity contribution in [3.05, 3.63) is 76.4 Å². The van der Waals surface area contributed by atoms with E-state index in [-0.39, 0.29) is 0 Å². The van der Waals surface area contributed by atoms with Crippen molar-refractivity contribution in [2.24, 2.45) is 10.7 Å². The van der Waals surface area contributed by atoms with Gasteiger partial charge in [-0.3, -0.25) is 4.99 Å². The van der Waals surface area contributed by atoms with Crippen LogP contribution >= 0.6 is 0 Å². The lowest BCUT2D eigenvalue weighted by Crippen LogP contribution is -2.08. The van der Waals surface area contributed by atoms with Crippen molar-refractivity contribution in [1.29, 1.82) is 0 Å². The maximum Gasteiger partial charge on any atom is 0.0729 e. The number of nitrogens with two attached hydrogens (primary N) is 1. The number of nitrogens with zero attached hydrogens (tertiary/aromatic N) is 1. The molecular weight excluding hydrogens is 244 g/mol. The van der Waals surface area contributed by atoms with Crippen LogP contribution in [0.3, 0.4) is 0 Å². The molecule has 0 saturated carbocycles. The molecule has 0 saturated heterocycles. The molecule has 20 heavy (non-hydrogen) atoms. The number of hydrogen-bond acceptors (Lipinski definition) is 2. The lowest BCUT2D eigenvalue weighted by molar-refractivity contribution is 1.24. The highest BCUT2D eigenvalue weighted by Crippen LogP contribution is 2.23. The Kier molecular flexibility index (Phi) is 3.15. The molecule has 2 N–H and O–H groups in total. The van der Waals surface area contributed by atoms with Crippen molar-refractivity contribution in [3.63, 3.8) is 0 Å². The first-order chi connectivity index (χ1) is 9.66. The first-order valence-corrected chi connectivity index (χ1v) is 6.84. The predicted octanol–water partition coefficient (Wildman–Crippen LogP) is 3.45. The molecule has 1 heterocycles. The minimum Gasteiger partial charge on any atom is -0.398 e. The first kappa shape index (κ1) is 12.7. The van der Waals surface area contributed by atoms with Gasteiger partial charge in [0.2, 0.25) is 0 Å². The van der Waals surface area contributed by atoms with Crippen LogP contribution in [-0.4, -0.2) is 12.3 Å². The van der Waals surface area contributed by atoms with Crippen LogP contribution in [0.15, 0.2) is 53.5 Å². The Hall–Kier alpha value is -2.35. The standard InChI is InChI=1S/C18H18N2/c1-12-7-8-14(11-13(12)2)18-16-6-4-3-5-15(16)17(19)9-10-20-18/h3-9,11H,10,19H2,1-2H3. The Morgan fingerprint density at radius 2 is 1.70 bits per heavy atom. The summed E-state index contributed by atoms with van der Waals surface area (Å²) in [5.74, 6) is 0. The maximum atomic E-state index is 6.13. The highest BCUT2D eigenvalue weighted by atomic mass is 14.8. The zero-order chi connectivity index (χ0) is 14.1. The van der Waals surface area contributed by atoms with E-state index in [1.54, 1.807) is 0 Å². The SMILES string of the molecule is Cc1ccc(C2=NCC=C(N)c3ccccc32)cc1C. The summed E-state index contributed by atoms with van der Waals surface area (Å²) in [7, 11) is 0. The lowest BCUT2D eigenvalue weighted by Gasteiger charge is -2.12. The van der Waals surface area contributed by atoms with Crippen LogP contribution in [0, 0.1) is 13.8 Å². The fraction of sp³-hybridized carbons (Fsp3) is 0.167. The van der Waals surface area contributed by atoms with Crippen LogP contribution in [-0.2, 0) is 0 Å². The van der Waals surface area contributed by atoms with Crippen LogP contribution in [0.25, 0.3) is 5.70 Å². The largest absolute Gasteiger partial charge is 0.398 e. The third-order valence-corrected chi connectivity index (χ3v) is 3.83. The quantitative estimate of drug-likeness (QED) is 0.840. The summed E-state index contributed by atoms with van der Waals surface area (Å²) in [6.07, 6.45) is 1.98. The second-order valence-corrected chi connectivity index (χ2v) is 5.19. The van der Waals surface area contributed by atoms with E-state index in [9.17, 15) is 0 Å². The van der Waals surface area contributed by atoms with E-state index < -0.39 is 0 Å². The third-order valence-electron chi connectivity index (χ3n) is 3.83. The number of fused-ring (bicyclic) bond motifs is 1. The first-order valence-electron chi connectivity index (χ1n) is 6.84. The minimum absolute atomic E-state index is 0.628. The number of aliphatic imine (C=N–C) groups is 1. The normalized spacial score (nSPS) is 14.1. The van der Waals surface area contributed by atoms with E-state index in [0.29, 0.717) is 6.54 Å². The Balaban J connectivity index is 2.18. The average molecular weight is 262 g/mol. The van der Waals surface area contributed by atoms with Crippen molar-refractivity contribution in [3.8, 4) is 0 Å². The van der Waals surface area contributed by atoms with E-state index in [2.05, 4.69) is 44.2 Å². The van der Waals surface area contributed by atoms with Gasteiger partial charge in [0.15, 0.2) is 0 Å². The fourth-order valence-corrected chi connectivity index (χ4v) is 2.51. The Morgan fingerprint density at radius 3 is 2.45 bits per heavy atom. The van der Waals surface area contributed by atoms with Gasteiger partial charge in [-0.15, -0.1) is 0 Å². The zero-order valence-electron chi connectivity index (χ0n) is 11.9. The van der Waals surface area contributed by atoms with Gasteiger partial charge >= 0.3 is 0 Å². The van der Waals surface area contributed by atoms with E-state index in [1.165, 1.54) is 11.1 Å². The van der Waals surface area contributed by atoms with Gasteiger partial charge in [-0.1, -0.05) is 36.4 Å². The van der Waals surface area contributed by atoms with Crippen LogP contribution in [0.5, 0.6) is 0 Å². The summed E-state index contributed by atoms with van der Waals surface area (Å²) >= 11 is 0. The zero-order valence-corrected chi connectivity index (χ0v) is 11.9. The summed E-state index contributed by atoms with van der Waals surface area (Å²) in [5, 5.41) is 0. The molecule has 2 aromatic rings. The van der Waals surface area contributed by atoms with Gasteiger partial charge in [-0.25, -0.2) is 0 Å². The van der Waals surface area contributed by atoms with Gasteiger partial charge in [-0.2, -0.15) is 0 Å². The molecule has 0 spiro atoms. The number of benzene rings is 2. The van der Waals surface area contributed by atoms with Crippen molar-refractivity contribution in [2.75, 3.05) is 6.54 Å². The van der Waals surface area contributed by atoms with Crippen LogP contribution < -0.4 is 5.73 Å². The second kappa shape index (κ2) is 4.97. The molecule has 0 fully saturated rings. The van der Waals surface area contributed by atoms with Crippen LogP contribution in [0.4, 0.5) is 0 Å². The highest BCUT2D eigenvalue weighted by Gasteiger charge is 2.15. The van der Waals surface area contributed by atoms with Crippen molar-refractivity contribution in [2.45, 2.75) is 13.8 Å². The van der Waals surface area contributed by atoms with E-state index in [0.717, 1.165) is 28.1 Å². The molecule has 0 bridgehead atoms. The molecule has 2 aromatic carbocycles. The molecule has 0 aromatic heterocycles. The molecule has 2 heteroatoms. The Bertz CT molecular complexity index is 724. The summed E-state index contributed by atoms with van der Waals surface area (Å²) in [5.41, 5.74) is 13.9. The third kappa shape index (κ3) is 2.14. The van der Waals surface area contributed by atoms with Gasteiger partial charge in [0.25, 0.3) is 0 Å². The van der Waals surface area contributed by atoms with Crippen LogP contribution in [0.2, 0.25) is 0 Å². The van der Waals surface area contributed by atoms with Gasteiger partial charge in [0, 0.05) is 22.4 Å². The molecule has 0 aliphatic carbocycles. The molecule has 2 nitrogen and oxygen atoms in total. The number of aryl methyl sites for hydroxylation is 2. The molecular formula is C18H18N2. The number of hydrogen-bond donors (Lipinski definition) is 1. The summed E-state index contributed by atoms with van der Waals surface area (Å²) in [6.45, 7) is 4.89. The topological polar surface area (TPSA) is 38.4 Å². The lowest BCUT2D eigenvalue weighted by atomic mass is 9.94. The molecule has 1 aliphatic heterocycles. The van der Waals surface area contributed by atoms with Crippen LogP contribution in [0.1, 0.15) is 27.8 Å². The molecule has 0 amide bonds. The van der Waals surface area contributed by atoms with Gasteiger partial charge < -0.3 is 5.73 Å². The van der Waals surface area contributed by atoms with E-state index >= 15 is 0 Å². The average Bonchev–Trinajstić information content (AvgIpc) is 2.62. The molecule has 0 atom stereocenters. The molecule has 3 rings (SSSR count). The highest BCUT2D eigenvalue weighted by molar-refractivity contribution is 6.15. The molecule has 1 aliphatic rings.